The molecule has 3 aromatic carbocycles. The van der Waals surface area contributed by atoms with E-state index in [0.29, 0.717) is 72.9 Å². The van der Waals surface area contributed by atoms with E-state index in [1.165, 1.54) is 0 Å². The largest absolute Gasteiger partial charge is 0.497 e. The normalized spacial score (nSPS) is 18.1. The summed E-state index contributed by atoms with van der Waals surface area (Å²) < 4.78 is 27.0. The predicted molar refractivity (Wildman–Crippen MR) is 223 cm³/mol. The molecule has 1 aliphatic carbocycles. The number of fused-ring (bicyclic) bond motifs is 2. The third-order valence-electron chi connectivity index (χ3n) is 10.4. The molecule has 1 saturated heterocycles. The van der Waals surface area contributed by atoms with Gasteiger partial charge in [0.1, 0.15) is 36.2 Å². The van der Waals surface area contributed by atoms with Gasteiger partial charge in [-0.3, -0.25) is 9.69 Å². The molecular weight excluding hydrogens is 824 g/mol. The first-order valence-electron chi connectivity index (χ1n) is 18.3. The monoisotopic (exact) mass is 869 g/mol. The van der Waals surface area contributed by atoms with Gasteiger partial charge in [0, 0.05) is 37.3 Å². The van der Waals surface area contributed by atoms with E-state index in [2.05, 4.69) is 5.32 Å². The van der Waals surface area contributed by atoms with Crippen molar-refractivity contribution in [1.82, 2.24) is 15.1 Å². The highest BCUT2D eigenvalue weighted by Gasteiger charge is 2.50. The maximum Gasteiger partial charge on any atom is 0.411 e. The van der Waals surface area contributed by atoms with Gasteiger partial charge in [0.15, 0.2) is 5.60 Å². The van der Waals surface area contributed by atoms with Crippen molar-refractivity contribution in [2.24, 2.45) is 0 Å². The highest BCUT2D eigenvalue weighted by molar-refractivity contribution is 6.68. The number of carbonyl (C=O) groups is 2. The number of piperazine rings is 1. The van der Waals surface area contributed by atoms with Crippen molar-refractivity contribution in [3.8, 4) is 23.0 Å². The van der Waals surface area contributed by atoms with Crippen LogP contribution in [0.4, 0.5) is 4.79 Å². The fraction of sp³-hybridized carbons (Fsp3) is 0.463. The highest BCUT2D eigenvalue weighted by Crippen LogP contribution is 2.44. The Kier molecular flexibility index (Phi) is 14.2. The number of hydrogen-bond donors (Lipinski definition) is 1. The third kappa shape index (κ3) is 9.88. The number of nitrogens with zero attached hydrogens (tertiary/aromatic N) is 2. The maximum atomic E-state index is 15.1. The number of methoxy groups -OCH3 is 2. The molecule has 2 bridgehead atoms. The van der Waals surface area contributed by atoms with Gasteiger partial charge in [0.2, 0.25) is 3.79 Å². The topological polar surface area (TPSA) is 98.8 Å². The smallest absolute Gasteiger partial charge is 0.411 e. The first kappa shape index (κ1) is 43.9. The van der Waals surface area contributed by atoms with E-state index >= 15 is 4.79 Å². The molecule has 2 fully saturated rings. The Morgan fingerprint density at radius 1 is 0.875 bits per heavy atom. The molecule has 2 atom stereocenters. The summed E-state index contributed by atoms with van der Waals surface area (Å²) in [6.45, 7) is 8.88. The lowest BCUT2D eigenvalue weighted by atomic mass is 9.82. The molecule has 15 heteroatoms. The Hall–Kier alpha value is -3.25. The zero-order valence-electron chi connectivity index (χ0n) is 32.3. The second-order valence-corrected chi connectivity index (χ2v) is 17.4. The van der Waals surface area contributed by atoms with E-state index in [0.717, 1.165) is 40.7 Å². The number of alkyl halides is 3. The minimum absolute atomic E-state index is 0. The van der Waals surface area contributed by atoms with Gasteiger partial charge < -0.3 is 33.9 Å². The van der Waals surface area contributed by atoms with Crippen molar-refractivity contribution in [2.75, 3.05) is 40.5 Å². The number of benzene rings is 3. The first-order valence-corrected chi connectivity index (χ1v) is 19.8. The van der Waals surface area contributed by atoms with Crippen LogP contribution in [0.2, 0.25) is 5.02 Å². The lowest BCUT2D eigenvalue weighted by Gasteiger charge is -2.48. The average Bonchev–Trinajstić information content (AvgIpc) is 3.99. The maximum absolute atomic E-state index is 15.1. The molecule has 0 aromatic heterocycles. The molecule has 6 rings (SSSR count). The van der Waals surface area contributed by atoms with Gasteiger partial charge >= 0.3 is 6.09 Å². The van der Waals surface area contributed by atoms with Crippen LogP contribution in [0.1, 0.15) is 55.4 Å². The van der Waals surface area contributed by atoms with Gasteiger partial charge in [0.05, 0.1) is 31.3 Å². The van der Waals surface area contributed by atoms with Gasteiger partial charge in [-0.2, -0.15) is 0 Å². The number of ether oxygens (including phenoxy) is 5. The predicted octanol–water partition coefficient (Wildman–Crippen LogP) is 9.13. The van der Waals surface area contributed by atoms with Crippen molar-refractivity contribution in [1.29, 1.82) is 0 Å². The first-order chi connectivity index (χ1) is 26.1. The second kappa shape index (κ2) is 18.1. The average molecular weight is 872 g/mol. The van der Waals surface area contributed by atoms with Crippen molar-refractivity contribution in [2.45, 2.75) is 81.0 Å². The van der Waals surface area contributed by atoms with Gasteiger partial charge in [-0.25, -0.2) is 4.79 Å². The van der Waals surface area contributed by atoms with Crippen LogP contribution in [-0.4, -0.2) is 89.8 Å². The van der Waals surface area contributed by atoms with Crippen LogP contribution in [0.5, 0.6) is 23.0 Å². The molecule has 1 saturated carbocycles. The summed E-state index contributed by atoms with van der Waals surface area (Å²) in [6.07, 6.45) is 1.48. The lowest BCUT2D eigenvalue weighted by Crippen LogP contribution is -2.64. The zero-order chi connectivity index (χ0) is 39.7. The minimum atomic E-state index is -1.88. The van der Waals surface area contributed by atoms with Crippen LogP contribution in [-0.2, 0) is 16.1 Å². The molecule has 304 valence electrons. The lowest BCUT2D eigenvalue weighted by molar-refractivity contribution is -0.129. The van der Waals surface area contributed by atoms with Crippen LogP contribution in [0, 0.1) is 13.8 Å². The molecule has 10 nitrogen and oxygen atoms in total. The van der Waals surface area contributed by atoms with E-state index in [1.807, 2.05) is 67.3 Å². The highest BCUT2D eigenvalue weighted by atomic mass is 35.6. The van der Waals surface area contributed by atoms with Crippen molar-refractivity contribution >= 4 is 76.4 Å². The van der Waals surface area contributed by atoms with Crippen LogP contribution < -0.4 is 24.3 Å². The summed E-state index contributed by atoms with van der Waals surface area (Å²) in [7, 11) is 3.19. The molecule has 2 heterocycles. The van der Waals surface area contributed by atoms with E-state index in [9.17, 15) is 4.79 Å². The summed E-state index contributed by atoms with van der Waals surface area (Å²) in [5, 5.41) is 4.00. The van der Waals surface area contributed by atoms with Gasteiger partial charge in [0.25, 0.3) is 5.91 Å². The van der Waals surface area contributed by atoms with Crippen molar-refractivity contribution < 1.29 is 33.3 Å². The summed E-state index contributed by atoms with van der Waals surface area (Å²) in [4.78, 5) is 32.7. The zero-order valence-corrected chi connectivity index (χ0v) is 36.1. The Balaban J connectivity index is 0.00000600. The molecule has 2 amide bonds. The van der Waals surface area contributed by atoms with Gasteiger partial charge in [-0.1, -0.05) is 58.5 Å². The number of nitrogens with one attached hydrogen (secondary N) is 1. The summed E-state index contributed by atoms with van der Waals surface area (Å²) in [5.41, 5.74) is 3.85. The number of rotatable bonds is 13. The Labute approximate surface area is 355 Å². The SMILES string of the molecule is COc1cc(CN(C(=O)C2=C(c3ccc(OCCOc4cc(C)c(C)cc4Cl)cc3)CC3CNC[C@H]2N3C(=O)OC(C)(C)C(Cl)(Cl)Cl)C2CC2)cc(OC)c1.Cl. The molecule has 0 radical (unpaired) electrons. The molecule has 56 heavy (non-hydrogen) atoms. The molecule has 1 N–H and O–H groups in total. The number of amides is 2. The fourth-order valence-electron chi connectivity index (χ4n) is 6.94. The van der Waals surface area contributed by atoms with Crippen LogP contribution in [0.3, 0.4) is 0 Å². The minimum Gasteiger partial charge on any atom is -0.497 e. The summed E-state index contributed by atoms with van der Waals surface area (Å²) in [5.74, 6) is 2.36. The van der Waals surface area contributed by atoms with Crippen LogP contribution in [0.25, 0.3) is 5.57 Å². The van der Waals surface area contributed by atoms with E-state index < -0.39 is 21.5 Å². The molecular formula is C41H48Cl5N3O7. The number of aryl methyl sites for hydroxylation is 2. The van der Waals surface area contributed by atoms with E-state index in [1.54, 1.807) is 39.0 Å². The number of carbonyl (C=O) groups excluding carboxylic acids is 2. The van der Waals surface area contributed by atoms with Crippen molar-refractivity contribution in [3.63, 3.8) is 0 Å². The molecule has 3 aromatic rings. The third-order valence-corrected chi connectivity index (χ3v) is 12.0. The molecule has 2 aliphatic heterocycles. The molecule has 0 spiro atoms. The van der Waals surface area contributed by atoms with E-state index in [-0.39, 0.29) is 30.4 Å². The van der Waals surface area contributed by atoms with Crippen LogP contribution in [0.15, 0.2) is 60.2 Å². The standard InChI is InChI=1S/C41H47Cl4N3O7.ClH/c1-24-15-34(42)36(16-25(24)2)54-14-13-53-30-11-7-27(8-12-30)33-19-29-21-46-22-35(48(29)39(50)55-40(3,4)41(43,44)45)37(33)38(49)47(28-9-10-28)23-26-17-31(51-5)20-32(18-26)52-6;/h7-8,11-12,15-18,20,28-29,35,46H,9-10,13-14,19,21-23H2,1-6H3;1H/t29?,35-;/m1./s1. The van der Waals surface area contributed by atoms with Gasteiger partial charge in [-0.05, 0) is 111 Å². The second-order valence-electron chi connectivity index (χ2n) is 14.7. The van der Waals surface area contributed by atoms with Crippen molar-refractivity contribution in [3.05, 3.63) is 87.4 Å². The number of hydrogen-bond acceptors (Lipinski definition) is 8. The Bertz CT molecular complexity index is 1910. The Morgan fingerprint density at radius 3 is 2.11 bits per heavy atom. The molecule has 1 unspecified atom stereocenters. The van der Waals surface area contributed by atoms with E-state index in [4.69, 9.17) is 70.1 Å². The fourth-order valence-corrected chi connectivity index (χ4v) is 7.33. The quantitative estimate of drug-likeness (QED) is 0.134. The Morgan fingerprint density at radius 2 is 1.50 bits per heavy atom. The van der Waals surface area contributed by atoms with Crippen LogP contribution >= 0.6 is 58.8 Å². The summed E-state index contributed by atoms with van der Waals surface area (Å²) in [6, 6.07) is 16.2. The van der Waals surface area contributed by atoms with Gasteiger partial charge in [-0.15, -0.1) is 12.4 Å². The summed E-state index contributed by atoms with van der Waals surface area (Å²) >= 11 is 25.1. The molecule has 3 aliphatic rings. The number of halogens is 5.